The topological polar surface area (TPSA) is 173 Å². The molecule has 2 aliphatic rings. The van der Waals surface area contributed by atoms with E-state index in [1.807, 2.05) is 13.8 Å². The fourth-order valence-electron chi connectivity index (χ4n) is 8.14. The number of carbonyl (C=O) groups is 4. The molecule has 0 saturated carbocycles. The average molecular weight is 755 g/mol. The molecule has 2 aliphatic heterocycles. The molecule has 0 amide bonds. The Labute approximate surface area is 303 Å². The first-order valence-electron chi connectivity index (χ1n) is 16.5. The molecule has 2 heterocycles. The fraction of sp³-hybridized carbons (Fsp3) is 0.421. The molecule has 5 rings (SSSR count). The summed E-state index contributed by atoms with van der Waals surface area (Å²) in [5, 5.41) is 0. The minimum absolute atomic E-state index is 0.232. The Bertz CT molecular complexity index is 1890. The highest BCUT2D eigenvalue weighted by molar-refractivity contribution is 7.91. The van der Waals surface area contributed by atoms with Crippen LogP contribution < -0.4 is 0 Å². The highest BCUT2D eigenvalue weighted by atomic mass is 32.2. The maximum Gasteiger partial charge on any atom is 0.324 e. The van der Waals surface area contributed by atoms with E-state index in [9.17, 15) is 36.0 Å². The number of aryl methyl sites for hydroxylation is 2. The van der Waals surface area contributed by atoms with E-state index in [1.54, 1.807) is 48.5 Å². The zero-order valence-corrected chi connectivity index (χ0v) is 31.4. The molecule has 0 radical (unpaired) electrons. The molecular weight excluding hydrogens is 713 g/mol. The van der Waals surface area contributed by atoms with Gasteiger partial charge in [0.15, 0.2) is 30.5 Å². The molecule has 0 spiro atoms. The van der Waals surface area contributed by atoms with E-state index >= 15 is 0 Å². The summed E-state index contributed by atoms with van der Waals surface area (Å²) in [4.78, 5) is 55.7. The lowest BCUT2D eigenvalue weighted by molar-refractivity contribution is -0.174. The van der Waals surface area contributed by atoms with Crippen LogP contribution in [-0.2, 0) is 57.8 Å². The van der Waals surface area contributed by atoms with Crippen molar-refractivity contribution in [3.8, 4) is 0 Å². The molecule has 0 N–H and O–H groups in total. The number of sulfone groups is 2. The molecule has 2 saturated heterocycles. The Morgan fingerprint density at radius 3 is 0.827 bits per heavy atom. The predicted octanol–water partition coefficient (Wildman–Crippen LogP) is 3.56. The normalized spacial score (nSPS) is 24.1. The average Bonchev–Trinajstić information content (AvgIpc) is 3.13. The molecule has 2 fully saturated rings. The lowest BCUT2D eigenvalue weighted by atomic mass is 9.61. The van der Waals surface area contributed by atoms with Crippen LogP contribution in [0.25, 0.3) is 0 Å². The van der Waals surface area contributed by atoms with Crippen molar-refractivity contribution >= 4 is 43.6 Å². The number of esters is 4. The molecule has 3 aromatic carbocycles. The van der Waals surface area contributed by atoms with Gasteiger partial charge in [0.25, 0.3) is 0 Å². The van der Waals surface area contributed by atoms with Gasteiger partial charge in [0, 0.05) is 23.7 Å². The summed E-state index contributed by atoms with van der Waals surface area (Å²) in [6, 6.07) is 19.5. The van der Waals surface area contributed by atoms with Gasteiger partial charge >= 0.3 is 23.9 Å². The SMILES string of the molecule is COC(=O)C1(C(=O)OC)C(c2ccc(C)cc2)CS(=O)(=O)CC1c1ccc(C2CS(=O)(=O)C[C@H](c3ccc(C)cc3)C2(C(=O)OC)C(=O)OC)cc1. The van der Waals surface area contributed by atoms with Crippen LogP contribution in [0.1, 0.15) is 57.1 Å². The highest BCUT2D eigenvalue weighted by Crippen LogP contribution is 2.56. The summed E-state index contributed by atoms with van der Waals surface area (Å²) in [6.07, 6.45) is 0. The van der Waals surface area contributed by atoms with E-state index in [0.717, 1.165) is 39.6 Å². The smallest absolute Gasteiger partial charge is 0.324 e. The first-order valence-corrected chi connectivity index (χ1v) is 20.1. The molecule has 0 aromatic heterocycles. The predicted molar refractivity (Wildman–Crippen MR) is 190 cm³/mol. The molecule has 3 unspecified atom stereocenters. The minimum Gasteiger partial charge on any atom is -0.468 e. The maximum atomic E-state index is 13.9. The largest absolute Gasteiger partial charge is 0.468 e. The lowest BCUT2D eigenvalue weighted by Gasteiger charge is -2.46. The monoisotopic (exact) mass is 754 g/mol. The minimum atomic E-state index is -3.89. The summed E-state index contributed by atoms with van der Waals surface area (Å²) in [7, 11) is -3.36. The van der Waals surface area contributed by atoms with Gasteiger partial charge in [-0.2, -0.15) is 0 Å². The van der Waals surface area contributed by atoms with Gasteiger partial charge < -0.3 is 18.9 Å². The van der Waals surface area contributed by atoms with Crippen LogP contribution in [0.15, 0.2) is 72.8 Å². The van der Waals surface area contributed by atoms with Crippen LogP contribution in [0.2, 0.25) is 0 Å². The number of benzene rings is 3. The Kier molecular flexibility index (Phi) is 10.8. The Morgan fingerprint density at radius 1 is 0.442 bits per heavy atom. The fourth-order valence-corrected chi connectivity index (χ4v) is 12.3. The van der Waals surface area contributed by atoms with Crippen molar-refractivity contribution in [3.63, 3.8) is 0 Å². The van der Waals surface area contributed by atoms with Gasteiger partial charge in [-0.3, -0.25) is 19.2 Å². The third-order valence-electron chi connectivity index (χ3n) is 10.7. The Hall–Kier alpha value is -4.56. The lowest BCUT2D eigenvalue weighted by Crippen LogP contribution is -2.57. The van der Waals surface area contributed by atoms with Gasteiger partial charge in [-0.1, -0.05) is 83.9 Å². The molecule has 52 heavy (non-hydrogen) atoms. The molecule has 14 heteroatoms. The number of carbonyl (C=O) groups excluding carboxylic acids is 4. The van der Waals surface area contributed by atoms with E-state index in [2.05, 4.69) is 0 Å². The van der Waals surface area contributed by atoms with Crippen molar-refractivity contribution in [1.29, 1.82) is 0 Å². The molecule has 0 bridgehead atoms. The second-order valence-electron chi connectivity index (χ2n) is 13.6. The van der Waals surface area contributed by atoms with Crippen molar-refractivity contribution in [2.75, 3.05) is 51.5 Å². The summed E-state index contributed by atoms with van der Waals surface area (Å²) in [5.74, 6) is -11.2. The molecule has 0 aliphatic carbocycles. The van der Waals surface area contributed by atoms with E-state index in [1.165, 1.54) is 24.3 Å². The van der Waals surface area contributed by atoms with E-state index in [0.29, 0.717) is 11.1 Å². The first kappa shape index (κ1) is 38.7. The van der Waals surface area contributed by atoms with Gasteiger partial charge in [-0.15, -0.1) is 0 Å². The number of hydrogen-bond donors (Lipinski definition) is 0. The standard InChI is InChI=1S/C38H42O12S2/c1-23-7-11-25(12-8-23)29-19-51(43,44)21-31(37(29,33(39)47-3)34(40)48-4)27-15-17-28(18-16-27)32-22-52(45,46)20-30(26-13-9-24(2)10-14-26)38(32,35(41)49-5)36(42)50-6/h7-18,29-32H,19-22H2,1-6H3/t29-,30?,31?,32?/m1/s1. The number of methoxy groups -OCH3 is 4. The second-order valence-corrected chi connectivity index (χ2v) is 17.9. The van der Waals surface area contributed by atoms with Crippen molar-refractivity contribution in [2.24, 2.45) is 10.8 Å². The van der Waals surface area contributed by atoms with Crippen LogP contribution in [-0.4, -0.2) is 92.2 Å². The van der Waals surface area contributed by atoms with Gasteiger partial charge in [-0.05, 0) is 36.1 Å². The van der Waals surface area contributed by atoms with E-state index in [-0.39, 0.29) is 11.1 Å². The van der Waals surface area contributed by atoms with Gasteiger partial charge in [0.05, 0.1) is 51.5 Å². The molecule has 278 valence electrons. The third kappa shape index (κ3) is 6.51. The van der Waals surface area contributed by atoms with Gasteiger partial charge in [0.2, 0.25) is 0 Å². The second kappa shape index (κ2) is 14.5. The highest BCUT2D eigenvalue weighted by Gasteiger charge is 2.66. The Balaban J connectivity index is 1.73. The van der Waals surface area contributed by atoms with Crippen LogP contribution in [0.5, 0.6) is 0 Å². The molecular formula is C38H42O12S2. The zero-order valence-electron chi connectivity index (χ0n) is 29.8. The van der Waals surface area contributed by atoms with Crippen molar-refractivity contribution in [3.05, 3.63) is 106 Å². The molecule has 3 aromatic rings. The summed E-state index contributed by atoms with van der Waals surface area (Å²) in [6.45, 7) is 3.69. The van der Waals surface area contributed by atoms with E-state index < -0.39 is 101 Å². The summed E-state index contributed by atoms with van der Waals surface area (Å²) < 4.78 is 75.3. The summed E-state index contributed by atoms with van der Waals surface area (Å²) >= 11 is 0. The first-order chi connectivity index (χ1) is 24.5. The maximum absolute atomic E-state index is 13.9. The van der Waals surface area contributed by atoms with Crippen LogP contribution in [0, 0.1) is 24.7 Å². The Morgan fingerprint density at radius 2 is 0.635 bits per heavy atom. The van der Waals surface area contributed by atoms with Crippen molar-refractivity contribution < 1.29 is 55.0 Å². The number of rotatable bonds is 8. The number of hydrogen-bond acceptors (Lipinski definition) is 12. The van der Waals surface area contributed by atoms with Gasteiger partial charge in [0.1, 0.15) is 0 Å². The third-order valence-corrected chi connectivity index (χ3v) is 14.0. The van der Waals surface area contributed by atoms with E-state index in [4.69, 9.17) is 18.9 Å². The zero-order chi connectivity index (χ0) is 38.2. The van der Waals surface area contributed by atoms with Gasteiger partial charge in [-0.25, -0.2) is 16.8 Å². The quantitative estimate of drug-likeness (QED) is 0.186. The van der Waals surface area contributed by atoms with Crippen LogP contribution in [0.4, 0.5) is 0 Å². The summed E-state index contributed by atoms with van der Waals surface area (Å²) in [5.41, 5.74) is -1.23. The number of ether oxygens (including phenoxy) is 4. The van der Waals surface area contributed by atoms with Crippen molar-refractivity contribution in [1.82, 2.24) is 0 Å². The van der Waals surface area contributed by atoms with Crippen LogP contribution in [0.3, 0.4) is 0 Å². The molecule has 12 nitrogen and oxygen atoms in total. The molecule has 4 atom stereocenters. The van der Waals surface area contributed by atoms with Crippen LogP contribution >= 0.6 is 0 Å². The van der Waals surface area contributed by atoms with Crippen molar-refractivity contribution in [2.45, 2.75) is 37.5 Å².